The molecule has 6 heteroatoms. The van der Waals surface area contributed by atoms with Crippen LogP contribution in [-0.4, -0.2) is 42.8 Å². The van der Waals surface area contributed by atoms with E-state index in [9.17, 15) is 4.79 Å². The molecule has 26 heavy (non-hydrogen) atoms. The predicted octanol–water partition coefficient (Wildman–Crippen LogP) is 3.63. The molecule has 3 rings (SSSR count). The van der Waals surface area contributed by atoms with Gasteiger partial charge in [-0.3, -0.25) is 4.79 Å². The van der Waals surface area contributed by atoms with Crippen LogP contribution in [0.2, 0.25) is 0 Å². The molecule has 0 saturated carbocycles. The van der Waals surface area contributed by atoms with E-state index in [1.54, 1.807) is 20.3 Å². The first-order valence-electron chi connectivity index (χ1n) is 9.07. The molecule has 1 saturated heterocycles. The van der Waals surface area contributed by atoms with Crippen molar-refractivity contribution in [3.05, 3.63) is 41.3 Å². The minimum atomic E-state index is -0.0531. The Kier molecular flexibility index (Phi) is 5.81. The van der Waals surface area contributed by atoms with Crippen molar-refractivity contribution < 1.29 is 18.8 Å². The molecule has 0 unspecified atom stereocenters. The number of hydrogen-bond donors (Lipinski definition) is 0. The predicted molar refractivity (Wildman–Crippen MR) is 97.8 cm³/mol. The molecule has 0 bridgehead atoms. The van der Waals surface area contributed by atoms with Gasteiger partial charge in [0.15, 0.2) is 11.5 Å². The number of likely N-dealkylation sites (tertiary alicyclic amines) is 1. The highest BCUT2D eigenvalue weighted by Crippen LogP contribution is 2.29. The third kappa shape index (κ3) is 4.00. The molecular formula is C20H26N2O4. The molecule has 1 amide bonds. The number of amides is 1. The topological polar surface area (TPSA) is 64.8 Å². The molecule has 1 aromatic carbocycles. The van der Waals surface area contributed by atoms with Crippen LogP contribution in [0.4, 0.5) is 0 Å². The zero-order valence-corrected chi connectivity index (χ0v) is 15.7. The first-order chi connectivity index (χ1) is 12.6. The lowest BCUT2D eigenvalue weighted by atomic mass is 9.95. The number of nitrogens with zero attached hydrogens (tertiary/aromatic N) is 2. The summed E-state index contributed by atoms with van der Waals surface area (Å²) >= 11 is 0. The SMILES string of the molecule is COc1ccc(CC[C@@H]2CCCCN2C(=O)c2cc(C)no2)cc1OC. The second kappa shape index (κ2) is 8.25. The van der Waals surface area contributed by atoms with Gasteiger partial charge in [0.2, 0.25) is 5.76 Å². The molecule has 1 aliphatic rings. The van der Waals surface area contributed by atoms with Crippen LogP contribution in [0.3, 0.4) is 0 Å². The molecule has 1 atom stereocenters. The van der Waals surface area contributed by atoms with Gasteiger partial charge < -0.3 is 18.9 Å². The average Bonchev–Trinajstić information content (AvgIpc) is 3.12. The fourth-order valence-electron chi connectivity index (χ4n) is 3.54. The quantitative estimate of drug-likeness (QED) is 0.789. The van der Waals surface area contributed by atoms with E-state index in [1.807, 2.05) is 24.0 Å². The number of rotatable bonds is 6. The van der Waals surface area contributed by atoms with Crippen LogP contribution in [0, 0.1) is 6.92 Å². The van der Waals surface area contributed by atoms with Crippen molar-refractivity contribution in [2.75, 3.05) is 20.8 Å². The van der Waals surface area contributed by atoms with E-state index in [0.717, 1.165) is 55.8 Å². The standard InChI is InChI=1S/C20H26N2O4/c1-14-12-19(26-21-14)20(23)22-11-5-4-6-16(22)9-7-15-8-10-17(24-2)18(13-15)25-3/h8,10,12-13,16H,4-7,9,11H2,1-3H3/t16-/m0/s1. The number of methoxy groups -OCH3 is 2. The van der Waals surface area contributed by atoms with Gasteiger partial charge in [0.25, 0.3) is 5.91 Å². The molecule has 0 aliphatic carbocycles. The lowest BCUT2D eigenvalue weighted by Crippen LogP contribution is -2.43. The summed E-state index contributed by atoms with van der Waals surface area (Å²) in [6.45, 7) is 2.60. The van der Waals surface area contributed by atoms with Crippen LogP contribution in [0.25, 0.3) is 0 Å². The van der Waals surface area contributed by atoms with Crippen molar-refractivity contribution in [1.29, 1.82) is 0 Å². The third-order valence-electron chi connectivity index (χ3n) is 4.94. The van der Waals surface area contributed by atoms with Gasteiger partial charge in [-0.15, -0.1) is 0 Å². The summed E-state index contributed by atoms with van der Waals surface area (Å²) in [6.07, 6.45) is 4.99. The second-order valence-electron chi connectivity index (χ2n) is 6.71. The minimum absolute atomic E-state index is 0.0531. The number of aromatic nitrogens is 1. The molecule has 6 nitrogen and oxygen atoms in total. The largest absolute Gasteiger partial charge is 0.493 e. The highest BCUT2D eigenvalue weighted by atomic mass is 16.5. The minimum Gasteiger partial charge on any atom is -0.493 e. The molecule has 1 fully saturated rings. The number of ether oxygens (including phenoxy) is 2. The van der Waals surface area contributed by atoms with Gasteiger partial charge in [-0.05, 0) is 56.7 Å². The summed E-state index contributed by atoms with van der Waals surface area (Å²) in [4.78, 5) is 14.7. The highest BCUT2D eigenvalue weighted by Gasteiger charge is 2.29. The third-order valence-corrected chi connectivity index (χ3v) is 4.94. The van der Waals surface area contributed by atoms with Gasteiger partial charge in [-0.2, -0.15) is 0 Å². The Morgan fingerprint density at radius 3 is 2.73 bits per heavy atom. The summed E-state index contributed by atoms with van der Waals surface area (Å²) in [5.41, 5.74) is 1.91. The Hall–Kier alpha value is -2.50. The number of aryl methyl sites for hydroxylation is 2. The van der Waals surface area contributed by atoms with Gasteiger partial charge in [-0.25, -0.2) is 0 Å². The normalized spacial score (nSPS) is 17.2. The fourth-order valence-corrected chi connectivity index (χ4v) is 3.54. The molecule has 2 heterocycles. The van der Waals surface area contributed by atoms with E-state index in [1.165, 1.54) is 5.56 Å². The Balaban J connectivity index is 1.68. The summed E-state index contributed by atoms with van der Waals surface area (Å²) in [6, 6.07) is 7.91. The van der Waals surface area contributed by atoms with Crippen molar-refractivity contribution in [1.82, 2.24) is 10.1 Å². The highest BCUT2D eigenvalue weighted by molar-refractivity contribution is 5.91. The number of carbonyl (C=O) groups is 1. The number of benzene rings is 1. The maximum atomic E-state index is 12.8. The van der Waals surface area contributed by atoms with Crippen molar-refractivity contribution in [2.45, 2.75) is 45.1 Å². The van der Waals surface area contributed by atoms with Crippen LogP contribution < -0.4 is 9.47 Å². The summed E-state index contributed by atoms with van der Waals surface area (Å²) in [5.74, 6) is 1.74. The van der Waals surface area contributed by atoms with Gasteiger partial charge in [0, 0.05) is 18.7 Å². The molecule has 1 aliphatic heterocycles. The van der Waals surface area contributed by atoms with E-state index in [0.29, 0.717) is 5.76 Å². The van der Waals surface area contributed by atoms with Gasteiger partial charge in [0.05, 0.1) is 19.9 Å². The van der Waals surface area contributed by atoms with Gasteiger partial charge in [-0.1, -0.05) is 11.2 Å². The Labute approximate surface area is 154 Å². The summed E-state index contributed by atoms with van der Waals surface area (Å²) in [5, 5.41) is 3.84. The van der Waals surface area contributed by atoms with Crippen LogP contribution in [-0.2, 0) is 6.42 Å². The molecule has 0 N–H and O–H groups in total. The van der Waals surface area contributed by atoms with Gasteiger partial charge >= 0.3 is 0 Å². The Bertz CT molecular complexity index is 756. The van der Waals surface area contributed by atoms with E-state index in [4.69, 9.17) is 14.0 Å². The van der Waals surface area contributed by atoms with E-state index in [2.05, 4.69) is 11.2 Å². The average molecular weight is 358 g/mol. The fraction of sp³-hybridized carbons (Fsp3) is 0.500. The number of hydrogen-bond acceptors (Lipinski definition) is 5. The zero-order valence-electron chi connectivity index (χ0n) is 15.7. The molecule has 1 aromatic heterocycles. The number of piperidine rings is 1. The van der Waals surface area contributed by atoms with Crippen LogP contribution in [0.1, 0.15) is 47.5 Å². The van der Waals surface area contributed by atoms with E-state index < -0.39 is 0 Å². The summed E-state index contributed by atoms with van der Waals surface area (Å²) < 4.78 is 15.8. The van der Waals surface area contributed by atoms with Crippen molar-refractivity contribution in [3.8, 4) is 11.5 Å². The molecule has 140 valence electrons. The van der Waals surface area contributed by atoms with Gasteiger partial charge in [0.1, 0.15) is 0 Å². The molecule has 2 aromatic rings. The lowest BCUT2D eigenvalue weighted by Gasteiger charge is -2.35. The molecular weight excluding hydrogens is 332 g/mol. The molecule has 0 spiro atoms. The maximum absolute atomic E-state index is 12.8. The Morgan fingerprint density at radius 1 is 1.23 bits per heavy atom. The first-order valence-corrected chi connectivity index (χ1v) is 9.07. The lowest BCUT2D eigenvalue weighted by molar-refractivity contribution is 0.0560. The van der Waals surface area contributed by atoms with E-state index in [-0.39, 0.29) is 11.9 Å². The molecule has 0 radical (unpaired) electrons. The zero-order chi connectivity index (χ0) is 18.5. The van der Waals surface area contributed by atoms with E-state index >= 15 is 0 Å². The summed E-state index contributed by atoms with van der Waals surface area (Å²) in [7, 11) is 3.27. The van der Waals surface area contributed by atoms with Crippen LogP contribution in [0.5, 0.6) is 11.5 Å². The van der Waals surface area contributed by atoms with Crippen molar-refractivity contribution in [2.24, 2.45) is 0 Å². The first kappa shape index (κ1) is 18.3. The maximum Gasteiger partial charge on any atom is 0.292 e. The van der Waals surface area contributed by atoms with Crippen molar-refractivity contribution in [3.63, 3.8) is 0 Å². The monoisotopic (exact) mass is 358 g/mol. The van der Waals surface area contributed by atoms with Crippen LogP contribution in [0.15, 0.2) is 28.8 Å². The Morgan fingerprint density at radius 2 is 2.04 bits per heavy atom. The second-order valence-corrected chi connectivity index (χ2v) is 6.71. The number of carbonyl (C=O) groups excluding carboxylic acids is 1. The smallest absolute Gasteiger partial charge is 0.292 e. The van der Waals surface area contributed by atoms with Crippen molar-refractivity contribution >= 4 is 5.91 Å². The van der Waals surface area contributed by atoms with Crippen LogP contribution >= 0.6 is 0 Å².